The molecule has 1 heterocycles. The smallest absolute Gasteiger partial charge is 0.249 e. The Bertz CT molecular complexity index is 788. The second-order valence-corrected chi connectivity index (χ2v) is 6.40. The molecule has 0 amide bonds. The van der Waals surface area contributed by atoms with Crippen LogP contribution in [0.5, 0.6) is 0 Å². The van der Waals surface area contributed by atoms with E-state index >= 15 is 0 Å². The Balaban J connectivity index is 1.65. The number of hydrogen-bond donors (Lipinski definition) is 0. The van der Waals surface area contributed by atoms with E-state index in [1.54, 1.807) is 0 Å². The molecular weight excluding hydrogens is 334 g/mol. The fourth-order valence-corrected chi connectivity index (χ4v) is 2.99. The first kappa shape index (κ1) is 17.6. The zero-order valence-corrected chi connectivity index (χ0v) is 15.1. The van der Waals surface area contributed by atoms with Crippen LogP contribution < -0.4 is 0 Å². The Labute approximate surface area is 153 Å². The lowest BCUT2D eigenvalue weighted by atomic mass is 10.1. The molecule has 0 bridgehead atoms. The summed E-state index contributed by atoms with van der Waals surface area (Å²) in [4.78, 5) is 2.34. The summed E-state index contributed by atoms with van der Waals surface area (Å²) in [5.74, 6) is 1.09. The van der Waals surface area contributed by atoms with E-state index in [9.17, 15) is 0 Å². The second kappa shape index (κ2) is 8.79. The molecule has 0 aliphatic carbocycles. The summed E-state index contributed by atoms with van der Waals surface area (Å²) in [5.41, 5.74) is 2.11. The highest BCUT2D eigenvalue weighted by molar-refractivity contribution is 6.33. The van der Waals surface area contributed by atoms with Gasteiger partial charge in [-0.1, -0.05) is 61.0 Å². The Morgan fingerprint density at radius 2 is 1.72 bits per heavy atom. The summed E-state index contributed by atoms with van der Waals surface area (Å²) in [6.07, 6.45) is 2.09. The molecule has 0 unspecified atom stereocenters. The molecule has 0 saturated carbocycles. The van der Waals surface area contributed by atoms with E-state index in [0.29, 0.717) is 23.3 Å². The minimum absolute atomic E-state index is 0.472. The van der Waals surface area contributed by atoms with Gasteiger partial charge in [-0.05, 0) is 37.1 Å². The first-order valence-corrected chi connectivity index (χ1v) is 8.97. The molecule has 0 saturated heterocycles. The Morgan fingerprint density at radius 1 is 0.960 bits per heavy atom. The van der Waals surface area contributed by atoms with Gasteiger partial charge in [-0.2, -0.15) is 0 Å². The number of aromatic nitrogens is 2. The SMILES string of the molecule is CCCN(CCc1ccccc1)Cc1nnc(-c2ccccc2Cl)o1. The van der Waals surface area contributed by atoms with Gasteiger partial charge >= 0.3 is 0 Å². The van der Waals surface area contributed by atoms with Crippen molar-refractivity contribution in [3.05, 3.63) is 71.1 Å². The van der Waals surface area contributed by atoms with Gasteiger partial charge in [0.15, 0.2) is 0 Å². The van der Waals surface area contributed by atoms with E-state index in [4.69, 9.17) is 16.0 Å². The van der Waals surface area contributed by atoms with Crippen molar-refractivity contribution in [2.75, 3.05) is 13.1 Å². The highest BCUT2D eigenvalue weighted by Gasteiger charge is 2.14. The normalized spacial score (nSPS) is 11.2. The van der Waals surface area contributed by atoms with Gasteiger partial charge in [0.2, 0.25) is 11.8 Å². The average molecular weight is 356 g/mol. The number of halogens is 1. The molecule has 5 heteroatoms. The number of rotatable bonds is 8. The van der Waals surface area contributed by atoms with Crippen molar-refractivity contribution < 1.29 is 4.42 Å². The molecule has 4 nitrogen and oxygen atoms in total. The van der Waals surface area contributed by atoms with Crippen LogP contribution >= 0.6 is 11.6 Å². The molecule has 2 aromatic carbocycles. The largest absolute Gasteiger partial charge is 0.419 e. The van der Waals surface area contributed by atoms with E-state index in [1.807, 2.05) is 30.3 Å². The molecule has 130 valence electrons. The third-order valence-corrected chi connectivity index (χ3v) is 4.36. The van der Waals surface area contributed by atoms with Crippen molar-refractivity contribution in [3.63, 3.8) is 0 Å². The summed E-state index contributed by atoms with van der Waals surface area (Å²) >= 11 is 6.20. The second-order valence-electron chi connectivity index (χ2n) is 5.99. The van der Waals surface area contributed by atoms with Gasteiger partial charge in [-0.25, -0.2) is 0 Å². The topological polar surface area (TPSA) is 42.2 Å². The van der Waals surface area contributed by atoms with Crippen LogP contribution in [-0.2, 0) is 13.0 Å². The van der Waals surface area contributed by atoms with Gasteiger partial charge in [0.25, 0.3) is 0 Å². The number of benzene rings is 2. The third kappa shape index (κ3) is 4.91. The minimum Gasteiger partial charge on any atom is -0.419 e. The highest BCUT2D eigenvalue weighted by atomic mass is 35.5. The summed E-state index contributed by atoms with van der Waals surface area (Å²) in [7, 11) is 0. The molecule has 1 aromatic heterocycles. The van der Waals surface area contributed by atoms with Crippen LogP contribution in [0.1, 0.15) is 24.8 Å². The summed E-state index contributed by atoms with van der Waals surface area (Å²) in [6.45, 7) is 4.79. The molecule has 0 radical (unpaired) electrons. The molecule has 0 aliphatic rings. The van der Waals surface area contributed by atoms with Gasteiger partial charge in [0.05, 0.1) is 17.1 Å². The van der Waals surface area contributed by atoms with Gasteiger partial charge in [0.1, 0.15) is 0 Å². The average Bonchev–Trinajstić information content (AvgIpc) is 3.09. The molecule has 0 fully saturated rings. The van der Waals surface area contributed by atoms with Crippen LogP contribution in [0.25, 0.3) is 11.5 Å². The Morgan fingerprint density at radius 3 is 2.48 bits per heavy atom. The van der Waals surface area contributed by atoms with E-state index < -0.39 is 0 Å². The van der Waals surface area contributed by atoms with Crippen molar-refractivity contribution in [3.8, 4) is 11.5 Å². The highest BCUT2D eigenvalue weighted by Crippen LogP contribution is 2.26. The zero-order chi connectivity index (χ0) is 17.5. The van der Waals surface area contributed by atoms with Crippen LogP contribution in [0.15, 0.2) is 59.0 Å². The lowest BCUT2D eigenvalue weighted by Crippen LogP contribution is -2.26. The fourth-order valence-electron chi connectivity index (χ4n) is 2.77. The standard InChI is InChI=1S/C20H22ClN3O/c1-2-13-24(14-12-16-8-4-3-5-9-16)15-19-22-23-20(25-19)17-10-6-7-11-18(17)21/h3-11H,2,12-15H2,1H3. The quantitative estimate of drug-likeness (QED) is 0.579. The van der Waals surface area contributed by atoms with E-state index in [2.05, 4.69) is 46.3 Å². The van der Waals surface area contributed by atoms with Crippen molar-refractivity contribution in [1.82, 2.24) is 15.1 Å². The molecule has 3 rings (SSSR count). The van der Waals surface area contributed by atoms with Crippen LogP contribution in [-0.4, -0.2) is 28.2 Å². The maximum absolute atomic E-state index is 6.20. The molecule has 0 aliphatic heterocycles. The van der Waals surface area contributed by atoms with Gasteiger partial charge in [-0.3, -0.25) is 4.90 Å². The van der Waals surface area contributed by atoms with E-state index in [-0.39, 0.29) is 0 Å². The Kier molecular flexibility index (Phi) is 6.20. The summed E-state index contributed by atoms with van der Waals surface area (Å²) in [6, 6.07) is 18.0. The summed E-state index contributed by atoms with van der Waals surface area (Å²) in [5, 5.41) is 8.96. The monoisotopic (exact) mass is 355 g/mol. The molecule has 3 aromatic rings. The van der Waals surface area contributed by atoms with Crippen molar-refractivity contribution in [2.45, 2.75) is 26.3 Å². The molecule has 0 N–H and O–H groups in total. The Hall–Kier alpha value is -2.17. The number of hydrogen-bond acceptors (Lipinski definition) is 4. The zero-order valence-electron chi connectivity index (χ0n) is 14.4. The molecule has 25 heavy (non-hydrogen) atoms. The third-order valence-electron chi connectivity index (χ3n) is 4.03. The van der Waals surface area contributed by atoms with Crippen LogP contribution in [0, 0.1) is 0 Å². The lowest BCUT2D eigenvalue weighted by Gasteiger charge is -2.19. The van der Waals surface area contributed by atoms with Crippen molar-refractivity contribution in [2.24, 2.45) is 0 Å². The van der Waals surface area contributed by atoms with Gasteiger partial charge in [0, 0.05) is 6.54 Å². The lowest BCUT2D eigenvalue weighted by molar-refractivity contribution is 0.243. The fraction of sp³-hybridized carbons (Fsp3) is 0.300. The maximum Gasteiger partial charge on any atom is 0.249 e. The number of nitrogens with zero attached hydrogens (tertiary/aromatic N) is 3. The van der Waals surface area contributed by atoms with E-state index in [0.717, 1.165) is 31.5 Å². The predicted octanol–water partition coefficient (Wildman–Crippen LogP) is 4.84. The van der Waals surface area contributed by atoms with Crippen LogP contribution in [0.2, 0.25) is 5.02 Å². The molecule has 0 spiro atoms. The van der Waals surface area contributed by atoms with Crippen molar-refractivity contribution >= 4 is 11.6 Å². The van der Waals surface area contributed by atoms with Crippen LogP contribution in [0.3, 0.4) is 0 Å². The predicted molar refractivity (Wildman–Crippen MR) is 100 cm³/mol. The van der Waals surface area contributed by atoms with Gasteiger partial charge in [-0.15, -0.1) is 10.2 Å². The minimum atomic E-state index is 0.472. The first-order valence-electron chi connectivity index (χ1n) is 8.60. The molecule has 0 atom stereocenters. The molecular formula is C20H22ClN3O. The van der Waals surface area contributed by atoms with Gasteiger partial charge < -0.3 is 4.42 Å². The van der Waals surface area contributed by atoms with Crippen LogP contribution in [0.4, 0.5) is 0 Å². The first-order chi connectivity index (χ1) is 12.3. The van der Waals surface area contributed by atoms with Crippen molar-refractivity contribution in [1.29, 1.82) is 0 Å². The summed E-state index contributed by atoms with van der Waals surface area (Å²) < 4.78 is 5.83. The maximum atomic E-state index is 6.20. The van der Waals surface area contributed by atoms with E-state index in [1.165, 1.54) is 5.56 Å².